The lowest BCUT2D eigenvalue weighted by atomic mass is 10.2. The van der Waals surface area contributed by atoms with Gasteiger partial charge in [-0.05, 0) is 18.2 Å². The van der Waals surface area contributed by atoms with Crippen molar-refractivity contribution in [3.63, 3.8) is 0 Å². The summed E-state index contributed by atoms with van der Waals surface area (Å²) in [4.78, 5) is 21.3. The van der Waals surface area contributed by atoms with E-state index >= 15 is 0 Å². The van der Waals surface area contributed by atoms with Gasteiger partial charge in [-0.25, -0.2) is 0 Å². The average Bonchev–Trinajstić information content (AvgIpc) is 2.13. The summed E-state index contributed by atoms with van der Waals surface area (Å²) in [5.74, 6) is -2.32. The highest BCUT2D eigenvalue weighted by molar-refractivity contribution is 6.31. The van der Waals surface area contributed by atoms with Crippen LogP contribution in [-0.4, -0.2) is 17.0 Å². The molecule has 1 amide bonds. The van der Waals surface area contributed by atoms with Crippen LogP contribution in [0.25, 0.3) is 0 Å². The van der Waals surface area contributed by atoms with Crippen molar-refractivity contribution in [2.75, 3.05) is 5.32 Å². The first-order chi connectivity index (χ1) is 8.18. The summed E-state index contributed by atoms with van der Waals surface area (Å²) in [7, 11) is 0. The molecule has 0 aliphatic heterocycles. The zero-order valence-electron chi connectivity index (χ0n) is 8.71. The van der Waals surface area contributed by atoms with Gasteiger partial charge in [0.1, 0.15) is 6.42 Å². The molecule has 18 heavy (non-hydrogen) atoms. The molecule has 1 rings (SSSR count). The van der Waals surface area contributed by atoms with E-state index < -0.39 is 30.0 Å². The first-order valence-electron chi connectivity index (χ1n) is 4.58. The molecular weight excluding hydrogens is 275 g/mol. The minimum Gasteiger partial charge on any atom is -0.481 e. The van der Waals surface area contributed by atoms with Crippen LogP contribution in [0.2, 0.25) is 5.02 Å². The van der Waals surface area contributed by atoms with Gasteiger partial charge in [-0.1, -0.05) is 11.6 Å². The third kappa shape index (κ3) is 4.25. The zero-order chi connectivity index (χ0) is 13.9. The summed E-state index contributed by atoms with van der Waals surface area (Å²) in [5, 5.41) is 10.1. The van der Waals surface area contributed by atoms with E-state index in [9.17, 15) is 22.8 Å². The number of hydrogen-bond donors (Lipinski definition) is 2. The van der Waals surface area contributed by atoms with Crippen molar-refractivity contribution in [2.45, 2.75) is 12.6 Å². The van der Waals surface area contributed by atoms with Crippen molar-refractivity contribution in [3.05, 3.63) is 28.8 Å². The number of halogens is 4. The van der Waals surface area contributed by atoms with Crippen LogP contribution in [-0.2, 0) is 15.8 Å². The molecule has 0 unspecified atom stereocenters. The predicted molar refractivity (Wildman–Crippen MR) is 57.3 cm³/mol. The fraction of sp³-hybridized carbons (Fsp3) is 0.200. The van der Waals surface area contributed by atoms with Gasteiger partial charge in [-0.2, -0.15) is 13.2 Å². The van der Waals surface area contributed by atoms with Gasteiger partial charge in [0.2, 0.25) is 5.91 Å². The van der Waals surface area contributed by atoms with Gasteiger partial charge in [0, 0.05) is 10.7 Å². The number of amides is 1. The monoisotopic (exact) mass is 281 g/mol. The summed E-state index contributed by atoms with van der Waals surface area (Å²) in [6.07, 6.45) is -5.44. The Morgan fingerprint density at radius 1 is 1.28 bits per heavy atom. The van der Waals surface area contributed by atoms with Gasteiger partial charge in [-0.15, -0.1) is 0 Å². The third-order valence-electron chi connectivity index (χ3n) is 1.82. The molecule has 1 aromatic carbocycles. The number of carbonyl (C=O) groups is 2. The summed E-state index contributed by atoms with van der Waals surface area (Å²) in [6, 6.07) is 2.47. The maximum absolute atomic E-state index is 12.4. The fourth-order valence-electron chi connectivity index (χ4n) is 1.17. The topological polar surface area (TPSA) is 66.4 Å². The second-order valence-electron chi connectivity index (χ2n) is 3.35. The Bertz CT molecular complexity index is 488. The maximum atomic E-state index is 12.4. The van der Waals surface area contributed by atoms with Gasteiger partial charge in [0.05, 0.1) is 5.56 Å². The SMILES string of the molecule is O=C(O)CC(=O)Nc1cc(Cl)cc(C(F)(F)F)c1. The van der Waals surface area contributed by atoms with Gasteiger partial charge < -0.3 is 10.4 Å². The normalized spacial score (nSPS) is 11.1. The lowest BCUT2D eigenvalue weighted by Gasteiger charge is -2.10. The molecule has 0 saturated carbocycles. The minimum atomic E-state index is -4.60. The van der Waals surface area contributed by atoms with E-state index in [-0.39, 0.29) is 10.7 Å². The summed E-state index contributed by atoms with van der Waals surface area (Å²) >= 11 is 5.48. The van der Waals surface area contributed by atoms with Crippen LogP contribution in [0.4, 0.5) is 18.9 Å². The van der Waals surface area contributed by atoms with Crippen LogP contribution in [0.15, 0.2) is 18.2 Å². The Labute approximate surface area is 104 Å². The number of rotatable bonds is 3. The number of alkyl halides is 3. The number of aliphatic carboxylic acids is 1. The van der Waals surface area contributed by atoms with Crippen LogP contribution >= 0.6 is 11.6 Å². The number of nitrogens with one attached hydrogen (secondary N) is 1. The fourth-order valence-corrected chi connectivity index (χ4v) is 1.40. The van der Waals surface area contributed by atoms with Crippen molar-refractivity contribution < 1.29 is 27.9 Å². The molecule has 4 nitrogen and oxygen atoms in total. The molecule has 0 heterocycles. The summed E-state index contributed by atoms with van der Waals surface area (Å²) in [6.45, 7) is 0. The smallest absolute Gasteiger partial charge is 0.416 e. The highest BCUT2D eigenvalue weighted by Crippen LogP contribution is 2.33. The van der Waals surface area contributed by atoms with Crippen LogP contribution in [0, 0.1) is 0 Å². The molecule has 8 heteroatoms. The van der Waals surface area contributed by atoms with Gasteiger partial charge in [0.25, 0.3) is 0 Å². The molecule has 0 bridgehead atoms. The Morgan fingerprint density at radius 3 is 2.39 bits per heavy atom. The molecule has 0 saturated heterocycles. The molecule has 0 fully saturated rings. The van der Waals surface area contributed by atoms with Gasteiger partial charge >= 0.3 is 12.1 Å². The average molecular weight is 282 g/mol. The van der Waals surface area contributed by atoms with Crippen LogP contribution < -0.4 is 5.32 Å². The van der Waals surface area contributed by atoms with Crippen LogP contribution in [0.3, 0.4) is 0 Å². The minimum absolute atomic E-state index is 0.207. The van der Waals surface area contributed by atoms with Gasteiger partial charge in [-0.3, -0.25) is 9.59 Å². The van der Waals surface area contributed by atoms with E-state index in [1.807, 2.05) is 5.32 Å². The number of carboxylic acids is 1. The van der Waals surface area contributed by atoms with Gasteiger partial charge in [0.15, 0.2) is 0 Å². The van der Waals surface area contributed by atoms with Crippen molar-refractivity contribution in [3.8, 4) is 0 Å². The molecule has 0 spiro atoms. The molecule has 0 aromatic heterocycles. The van der Waals surface area contributed by atoms with E-state index in [4.69, 9.17) is 16.7 Å². The van der Waals surface area contributed by atoms with Crippen LogP contribution in [0.5, 0.6) is 0 Å². The van der Waals surface area contributed by atoms with E-state index in [1.54, 1.807) is 0 Å². The molecule has 0 atom stereocenters. The molecular formula is C10H7ClF3NO3. The third-order valence-corrected chi connectivity index (χ3v) is 2.04. The maximum Gasteiger partial charge on any atom is 0.416 e. The molecule has 0 radical (unpaired) electrons. The number of anilines is 1. The predicted octanol–water partition coefficient (Wildman–Crippen LogP) is 2.77. The first-order valence-corrected chi connectivity index (χ1v) is 4.95. The second kappa shape index (κ2) is 5.26. The Kier molecular flexibility index (Phi) is 4.18. The Balaban J connectivity index is 2.94. The first kappa shape index (κ1) is 14.3. The van der Waals surface area contributed by atoms with E-state index in [2.05, 4.69) is 0 Å². The second-order valence-corrected chi connectivity index (χ2v) is 3.78. The van der Waals surface area contributed by atoms with Crippen molar-refractivity contribution in [1.82, 2.24) is 0 Å². The zero-order valence-corrected chi connectivity index (χ0v) is 9.47. The summed E-state index contributed by atoms with van der Waals surface area (Å²) < 4.78 is 37.3. The van der Waals surface area contributed by atoms with Crippen molar-refractivity contribution in [2.24, 2.45) is 0 Å². The van der Waals surface area contributed by atoms with Crippen molar-refractivity contribution >= 4 is 29.2 Å². The summed E-state index contributed by atoms with van der Waals surface area (Å²) in [5.41, 5.74) is -1.23. The molecule has 0 aliphatic rings. The number of benzene rings is 1. The molecule has 98 valence electrons. The molecule has 1 aromatic rings. The largest absolute Gasteiger partial charge is 0.481 e. The number of hydrogen-bond acceptors (Lipinski definition) is 2. The standard InChI is InChI=1S/C10H7ClF3NO3/c11-6-1-5(10(12,13)14)2-7(3-6)15-8(16)4-9(17)18/h1-3H,4H2,(H,15,16)(H,17,18). The quantitative estimate of drug-likeness (QED) is 0.837. The molecule has 2 N–H and O–H groups in total. The van der Waals surface area contributed by atoms with E-state index in [0.717, 1.165) is 6.07 Å². The van der Waals surface area contributed by atoms with E-state index in [1.165, 1.54) is 0 Å². The molecule has 0 aliphatic carbocycles. The Morgan fingerprint density at radius 2 is 1.89 bits per heavy atom. The lowest BCUT2D eigenvalue weighted by Crippen LogP contribution is -2.16. The number of carboxylic acid groups (broad SMARTS) is 1. The number of carbonyl (C=O) groups excluding carboxylic acids is 1. The van der Waals surface area contributed by atoms with Crippen LogP contribution in [0.1, 0.15) is 12.0 Å². The van der Waals surface area contributed by atoms with E-state index in [0.29, 0.717) is 12.1 Å². The van der Waals surface area contributed by atoms with Crippen molar-refractivity contribution in [1.29, 1.82) is 0 Å². The highest BCUT2D eigenvalue weighted by atomic mass is 35.5. The Hall–Kier alpha value is -1.76. The highest BCUT2D eigenvalue weighted by Gasteiger charge is 2.31. The lowest BCUT2D eigenvalue weighted by molar-refractivity contribution is -0.140.